The van der Waals surface area contributed by atoms with Gasteiger partial charge in [0.15, 0.2) is 0 Å². The number of nitrogens with one attached hydrogen (secondary N) is 1. The van der Waals surface area contributed by atoms with Crippen LogP contribution in [0.3, 0.4) is 0 Å². The Bertz CT molecular complexity index is 180. The summed E-state index contributed by atoms with van der Waals surface area (Å²) in [5.41, 5.74) is 0. The van der Waals surface area contributed by atoms with E-state index in [1.54, 1.807) is 12.3 Å². The van der Waals surface area contributed by atoms with E-state index in [-0.39, 0.29) is 22.4 Å². The van der Waals surface area contributed by atoms with E-state index in [2.05, 4.69) is 27.6 Å². The maximum atomic E-state index is 4.65. The van der Waals surface area contributed by atoms with Gasteiger partial charge in [-0.3, -0.25) is 0 Å². The summed E-state index contributed by atoms with van der Waals surface area (Å²) in [6.07, 6.45) is 1.54. The minimum Gasteiger partial charge on any atom is -0.249 e. The van der Waals surface area contributed by atoms with Crippen LogP contribution >= 0.6 is 12.2 Å². The van der Waals surface area contributed by atoms with Crippen LogP contribution in [0.15, 0.2) is 12.3 Å². The topological polar surface area (TPSA) is 41.6 Å². The molecule has 1 aromatic heterocycles. The molecular weight excluding hydrogens is 218 g/mol. The van der Waals surface area contributed by atoms with Crippen LogP contribution in [0.4, 0.5) is 0 Å². The van der Waals surface area contributed by atoms with Crippen molar-refractivity contribution in [3.8, 4) is 0 Å². The average Bonchev–Trinajstić information content (AvgIpc) is 1.69. The second-order valence-corrected chi connectivity index (χ2v) is 1.45. The van der Waals surface area contributed by atoms with Crippen molar-refractivity contribution in [2.75, 3.05) is 0 Å². The molecule has 8 heavy (non-hydrogen) atoms. The summed E-state index contributed by atoms with van der Waals surface area (Å²) >= 11 is 4.65. The van der Waals surface area contributed by atoms with E-state index in [0.29, 0.717) is 4.64 Å². The molecule has 1 heterocycles. The second-order valence-electron chi connectivity index (χ2n) is 1.01. The Labute approximate surface area is 67.0 Å². The molecule has 1 aromatic rings. The summed E-state index contributed by atoms with van der Waals surface area (Å²) in [6, 6.07) is 1.67. The van der Waals surface area contributed by atoms with Crippen molar-refractivity contribution >= 4 is 12.2 Å². The molecule has 47 valence electrons. The van der Waals surface area contributed by atoms with Crippen LogP contribution in [-0.4, -0.2) is 15.4 Å². The fourth-order valence-electron chi connectivity index (χ4n) is 0.250. The van der Waals surface area contributed by atoms with Gasteiger partial charge in [0, 0.05) is 22.4 Å². The van der Waals surface area contributed by atoms with Crippen molar-refractivity contribution in [3.05, 3.63) is 16.9 Å². The van der Waals surface area contributed by atoms with Crippen LogP contribution in [0, 0.1) is 4.64 Å². The molecule has 0 aromatic carbocycles. The fraction of sp³-hybridized carbons (Fsp3) is 0. The molecule has 1 N–H and O–H groups in total. The van der Waals surface area contributed by atoms with E-state index in [4.69, 9.17) is 0 Å². The minimum absolute atomic E-state index is 0. The van der Waals surface area contributed by atoms with E-state index < -0.39 is 0 Å². The van der Waals surface area contributed by atoms with E-state index in [0.717, 1.165) is 0 Å². The van der Waals surface area contributed by atoms with E-state index in [1.807, 2.05) is 0 Å². The van der Waals surface area contributed by atoms with Crippen LogP contribution in [0.25, 0.3) is 0 Å². The quantitative estimate of drug-likeness (QED) is 0.513. The predicted octanol–water partition coefficient (Wildman–Crippen LogP) is 0.532. The first-order valence-corrected chi connectivity index (χ1v) is 2.17. The molecule has 0 fully saturated rings. The minimum atomic E-state index is 0. The van der Waals surface area contributed by atoms with Gasteiger partial charge < -0.3 is 0 Å². The number of hydrogen-bond donors (Lipinski definition) is 1. The van der Waals surface area contributed by atoms with Crippen molar-refractivity contribution in [2.24, 2.45) is 0 Å². The molecule has 0 saturated heterocycles. The van der Waals surface area contributed by atoms with Crippen LogP contribution in [0.5, 0.6) is 0 Å². The van der Waals surface area contributed by atoms with Crippen molar-refractivity contribution in [3.63, 3.8) is 0 Å². The zero-order valence-corrected chi connectivity index (χ0v) is 6.06. The van der Waals surface area contributed by atoms with Crippen LogP contribution in [-0.2, 0) is 22.4 Å². The summed E-state index contributed by atoms with van der Waals surface area (Å²) in [5.74, 6) is 0. The van der Waals surface area contributed by atoms with Gasteiger partial charge in [0.1, 0.15) is 4.64 Å². The fourth-order valence-corrected chi connectivity index (χ4v) is 0.351. The Hall–Kier alpha value is -0.0297. The van der Waals surface area contributed by atoms with Crippen molar-refractivity contribution < 1.29 is 22.4 Å². The molecule has 0 atom stereocenters. The molecule has 0 aliphatic heterocycles. The molecule has 5 heteroatoms. The summed E-state index contributed by atoms with van der Waals surface area (Å²) in [7, 11) is 0. The number of aromatic amines is 1. The van der Waals surface area contributed by atoms with E-state index >= 15 is 0 Å². The van der Waals surface area contributed by atoms with Gasteiger partial charge in [0.2, 0.25) is 0 Å². The maximum absolute atomic E-state index is 4.65. The van der Waals surface area contributed by atoms with Gasteiger partial charge in [-0.2, -0.15) is 0 Å². The average molecular weight is 221 g/mol. The van der Waals surface area contributed by atoms with Gasteiger partial charge in [0.05, 0.1) is 6.20 Å². The number of rotatable bonds is 0. The maximum Gasteiger partial charge on any atom is 0.122 e. The van der Waals surface area contributed by atoms with Gasteiger partial charge in [-0.15, -0.1) is 5.10 Å². The molecule has 0 unspecified atom stereocenters. The number of nitrogens with zero attached hydrogens (tertiary/aromatic N) is 2. The van der Waals surface area contributed by atoms with E-state index in [9.17, 15) is 0 Å². The summed E-state index contributed by atoms with van der Waals surface area (Å²) in [6.45, 7) is 0. The Balaban J connectivity index is 0.000000490. The van der Waals surface area contributed by atoms with Crippen molar-refractivity contribution in [2.45, 2.75) is 0 Å². The smallest absolute Gasteiger partial charge is 0.122 e. The molecule has 0 spiro atoms. The Morgan fingerprint density at radius 2 is 2.38 bits per heavy atom. The van der Waals surface area contributed by atoms with Crippen molar-refractivity contribution in [1.29, 1.82) is 0 Å². The summed E-state index contributed by atoms with van der Waals surface area (Å²) in [5, 5.41) is 9.36. The SMILES string of the molecule is S=c1ccnn[nH]1.[Ag]. The molecule has 3 nitrogen and oxygen atoms in total. The molecule has 0 saturated carbocycles. The first-order chi connectivity index (χ1) is 3.39. The standard InChI is InChI=1S/C3H3N3S.Ag/c7-3-1-2-4-6-5-3;/h1-2H,(H,4,5,7);. The zero-order chi connectivity index (χ0) is 5.11. The number of hydrogen-bond acceptors (Lipinski definition) is 3. The molecule has 0 amide bonds. The van der Waals surface area contributed by atoms with Gasteiger partial charge in [0.25, 0.3) is 0 Å². The zero-order valence-electron chi connectivity index (χ0n) is 3.76. The Morgan fingerprint density at radius 1 is 1.62 bits per heavy atom. The molecular formula is C3H3AgN3S. The Morgan fingerprint density at radius 3 is 2.62 bits per heavy atom. The molecule has 0 aliphatic rings. The van der Waals surface area contributed by atoms with Gasteiger partial charge in [-0.1, -0.05) is 17.4 Å². The van der Waals surface area contributed by atoms with Gasteiger partial charge in [-0.25, -0.2) is 5.10 Å². The number of H-pyrrole nitrogens is 1. The Kier molecular flexibility index (Phi) is 3.90. The first-order valence-electron chi connectivity index (χ1n) is 1.76. The van der Waals surface area contributed by atoms with E-state index in [1.165, 1.54) is 0 Å². The third-order valence-electron chi connectivity index (χ3n) is 0.511. The largest absolute Gasteiger partial charge is 0.249 e. The van der Waals surface area contributed by atoms with Gasteiger partial charge in [-0.05, 0) is 6.07 Å². The van der Waals surface area contributed by atoms with Crippen molar-refractivity contribution in [1.82, 2.24) is 15.4 Å². The third kappa shape index (κ3) is 2.32. The van der Waals surface area contributed by atoms with Crippen LogP contribution in [0.1, 0.15) is 0 Å². The molecule has 1 radical (unpaired) electrons. The summed E-state index contributed by atoms with van der Waals surface area (Å²) < 4.78 is 0.606. The summed E-state index contributed by atoms with van der Waals surface area (Å²) in [4.78, 5) is 0. The second kappa shape index (κ2) is 3.91. The monoisotopic (exact) mass is 220 g/mol. The normalized spacial score (nSPS) is 7.50. The first kappa shape index (κ1) is 7.97. The molecule has 1 rings (SSSR count). The van der Waals surface area contributed by atoms with Gasteiger partial charge >= 0.3 is 0 Å². The predicted molar refractivity (Wildman–Crippen MR) is 27.2 cm³/mol. The molecule has 0 bridgehead atoms. The van der Waals surface area contributed by atoms with Crippen LogP contribution < -0.4 is 0 Å². The van der Waals surface area contributed by atoms with Crippen LogP contribution in [0.2, 0.25) is 0 Å². The molecule has 0 aliphatic carbocycles. The third-order valence-corrected chi connectivity index (χ3v) is 0.738. The number of aromatic nitrogens is 3.